The summed E-state index contributed by atoms with van der Waals surface area (Å²) in [6, 6.07) is 0. The van der Waals surface area contributed by atoms with E-state index in [0.717, 1.165) is 25.7 Å². The lowest BCUT2D eigenvalue weighted by atomic mass is 10.0. The Hall–Kier alpha value is -0.510. The highest BCUT2D eigenvalue weighted by atomic mass is 32.1. The van der Waals surface area contributed by atoms with Crippen LogP contribution in [0.5, 0.6) is 0 Å². The molecule has 0 rings (SSSR count). The third-order valence-corrected chi connectivity index (χ3v) is 3.25. The average molecular weight is 273 g/mol. The molecule has 0 aromatic carbocycles. The summed E-state index contributed by atoms with van der Waals surface area (Å²) in [7, 11) is 0. The van der Waals surface area contributed by atoms with Crippen LogP contribution in [0.1, 0.15) is 78.1 Å². The summed E-state index contributed by atoms with van der Waals surface area (Å²) in [6.45, 7) is 4.38. The van der Waals surface area contributed by atoms with Crippen molar-refractivity contribution in [2.24, 2.45) is 4.36 Å². The molecule has 0 aliphatic carbocycles. The number of carbonyl (C=O) groups is 1. The van der Waals surface area contributed by atoms with Crippen molar-refractivity contribution in [3.05, 3.63) is 0 Å². The van der Waals surface area contributed by atoms with E-state index in [4.69, 9.17) is 4.74 Å². The molecular weight excluding hydrogens is 246 g/mol. The molecule has 4 heteroatoms. The Morgan fingerprint density at radius 2 is 1.50 bits per heavy atom. The zero-order valence-corrected chi connectivity index (χ0v) is 12.6. The highest BCUT2D eigenvalue weighted by Crippen LogP contribution is 2.15. The third kappa shape index (κ3) is 10.6. The van der Waals surface area contributed by atoms with Gasteiger partial charge in [0.2, 0.25) is 0 Å². The SMILES string of the molecule is CCCCCCCC(CCCCC)OC(=O)N=S. The molecule has 0 N–H and O–H groups in total. The van der Waals surface area contributed by atoms with Crippen LogP contribution in [0.15, 0.2) is 4.36 Å². The van der Waals surface area contributed by atoms with Crippen LogP contribution in [0, 0.1) is 0 Å². The largest absolute Gasteiger partial charge is 0.445 e. The molecule has 0 fully saturated rings. The highest BCUT2D eigenvalue weighted by Gasteiger charge is 2.13. The Labute approximate surface area is 117 Å². The molecule has 0 saturated carbocycles. The van der Waals surface area contributed by atoms with Crippen molar-refractivity contribution in [1.29, 1.82) is 0 Å². The molecule has 0 bridgehead atoms. The van der Waals surface area contributed by atoms with Gasteiger partial charge >= 0.3 is 6.09 Å². The molecule has 18 heavy (non-hydrogen) atoms. The molecule has 0 aromatic heterocycles. The second-order valence-corrected chi connectivity index (χ2v) is 4.98. The minimum Gasteiger partial charge on any atom is -0.444 e. The van der Waals surface area contributed by atoms with Crippen molar-refractivity contribution in [3.8, 4) is 0 Å². The number of carbonyl (C=O) groups excluding carboxylic acids is 1. The Morgan fingerprint density at radius 3 is 2.06 bits per heavy atom. The molecule has 1 unspecified atom stereocenters. The van der Waals surface area contributed by atoms with Crippen LogP contribution in [0.2, 0.25) is 0 Å². The number of amides is 1. The van der Waals surface area contributed by atoms with Crippen LogP contribution in [0.4, 0.5) is 4.79 Å². The van der Waals surface area contributed by atoms with Gasteiger partial charge in [0.25, 0.3) is 0 Å². The van der Waals surface area contributed by atoms with Crippen molar-refractivity contribution in [2.75, 3.05) is 0 Å². The van der Waals surface area contributed by atoms with Crippen LogP contribution in [-0.2, 0) is 17.2 Å². The molecule has 0 spiro atoms. The maximum atomic E-state index is 11.1. The van der Waals surface area contributed by atoms with Crippen LogP contribution < -0.4 is 0 Å². The second-order valence-electron chi connectivity index (χ2n) is 4.80. The zero-order valence-electron chi connectivity index (χ0n) is 11.8. The summed E-state index contributed by atoms with van der Waals surface area (Å²) in [5, 5.41) is 0. The van der Waals surface area contributed by atoms with E-state index in [1.54, 1.807) is 0 Å². The first kappa shape index (κ1) is 17.5. The Kier molecular flexibility index (Phi) is 12.6. The van der Waals surface area contributed by atoms with Gasteiger partial charge in [-0.05, 0) is 25.7 Å². The zero-order chi connectivity index (χ0) is 13.6. The maximum Gasteiger partial charge on any atom is 0.445 e. The minimum absolute atomic E-state index is 0.0115. The van der Waals surface area contributed by atoms with E-state index in [9.17, 15) is 4.79 Å². The molecule has 3 nitrogen and oxygen atoms in total. The highest BCUT2D eigenvalue weighted by molar-refractivity contribution is 7.47. The van der Waals surface area contributed by atoms with Gasteiger partial charge in [0.05, 0.1) is 0 Å². The summed E-state index contributed by atoms with van der Waals surface area (Å²) >= 11 is 4.35. The molecule has 0 aliphatic heterocycles. The standard InChI is InChI=1S/C14H27NO2S/c1-3-5-7-8-10-12-13(11-9-6-4-2)17-14(16)15-18/h13H,3-12H2,1-2H3. The van der Waals surface area contributed by atoms with Crippen molar-refractivity contribution in [1.82, 2.24) is 0 Å². The lowest BCUT2D eigenvalue weighted by molar-refractivity contribution is 0.0932. The summed E-state index contributed by atoms with van der Waals surface area (Å²) in [5.41, 5.74) is 0. The Balaban J connectivity index is 3.80. The lowest BCUT2D eigenvalue weighted by Crippen LogP contribution is -2.16. The molecule has 1 amide bonds. The Morgan fingerprint density at radius 1 is 1.00 bits per heavy atom. The second kappa shape index (κ2) is 12.9. The van der Waals surface area contributed by atoms with Gasteiger partial charge in [0.1, 0.15) is 6.10 Å². The predicted octanol–water partition coefficient (Wildman–Crippen LogP) is 5.16. The molecule has 0 aliphatic rings. The lowest BCUT2D eigenvalue weighted by Gasteiger charge is -2.16. The first-order valence-corrected chi connectivity index (χ1v) is 7.65. The predicted molar refractivity (Wildman–Crippen MR) is 77.6 cm³/mol. The van der Waals surface area contributed by atoms with E-state index < -0.39 is 6.09 Å². The van der Waals surface area contributed by atoms with Crippen LogP contribution in [0.25, 0.3) is 0 Å². The third-order valence-electron chi connectivity index (χ3n) is 3.10. The molecular formula is C14H27NO2S. The van der Waals surface area contributed by atoms with Gasteiger partial charge in [-0.2, -0.15) is 0 Å². The van der Waals surface area contributed by atoms with E-state index >= 15 is 0 Å². The molecule has 0 radical (unpaired) electrons. The summed E-state index contributed by atoms with van der Waals surface area (Å²) in [6.07, 6.45) is 11.0. The summed E-state index contributed by atoms with van der Waals surface area (Å²) in [5.74, 6) is 0. The minimum atomic E-state index is -0.597. The van der Waals surface area contributed by atoms with E-state index in [1.165, 1.54) is 38.5 Å². The number of rotatable bonds is 11. The monoisotopic (exact) mass is 273 g/mol. The first-order chi connectivity index (χ1) is 8.74. The number of unbranched alkanes of at least 4 members (excludes halogenated alkanes) is 6. The summed E-state index contributed by atoms with van der Waals surface area (Å²) < 4.78 is 8.38. The van der Waals surface area contributed by atoms with Gasteiger partial charge in [0, 0.05) is 12.4 Å². The van der Waals surface area contributed by atoms with Crippen LogP contribution in [0.3, 0.4) is 0 Å². The number of hydrogen-bond acceptors (Lipinski definition) is 3. The van der Waals surface area contributed by atoms with Crippen LogP contribution in [-0.4, -0.2) is 12.2 Å². The molecule has 1 atom stereocenters. The smallest absolute Gasteiger partial charge is 0.444 e. The van der Waals surface area contributed by atoms with Gasteiger partial charge in [-0.15, -0.1) is 4.36 Å². The van der Waals surface area contributed by atoms with E-state index in [-0.39, 0.29) is 6.10 Å². The average Bonchev–Trinajstić information content (AvgIpc) is 2.38. The molecule has 0 aromatic rings. The van der Waals surface area contributed by atoms with E-state index in [1.807, 2.05) is 0 Å². The van der Waals surface area contributed by atoms with Crippen molar-refractivity contribution < 1.29 is 9.53 Å². The van der Waals surface area contributed by atoms with Gasteiger partial charge < -0.3 is 4.74 Å². The van der Waals surface area contributed by atoms with Gasteiger partial charge in [-0.25, -0.2) is 4.79 Å². The molecule has 106 valence electrons. The fourth-order valence-electron chi connectivity index (χ4n) is 2.02. The topological polar surface area (TPSA) is 38.7 Å². The fraction of sp³-hybridized carbons (Fsp3) is 0.929. The van der Waals surface area contributed by atoms with Gasteiger partial charge in [0.15, 0.2) is 0 Å². The van der Waals surface area contributed by atoms with Gasteiger partial charge in [-0.1, -0.05) is 52.4 Å². The Bertz CT molecular complexity index is 222. The fourth-order valence-corrected chi connectivity index (χ4v) is 2.07. The van der Waals surface area contributed by atoms with Crippen molar-refractivity contribution in [3.63, 3.8) is 0 Å². The normalized spacial score (nSPS) is 12.1. The van der Waals surface area contributed by atoms with Crippen molar-refractivity contribution >= 4 is 18.5 Å². The van der Waals surface area contributed by atoms with Gasteiger partial charge in [-0.3, -0.25) is 0 Å². The van der Waals surface area contributed by atoms with Crippen LogP contribution >= 0.6 is 0 Å². The summed E-state index contributed by atoms with van der Waals surface area (Å²) in [4.78, 5) is 11.1. The number of ether oxygens (including phenoxy) is 1. The van der Waals surface area contributed by atoms with Crippen molar-refractivity contribution in [2.45, 2.75) is 84.2 Å². The van der Waals surface area contributed by atoms with E-state index in [2.05, 4.69) is 30.6 Å². The quantitative estimate of drug-likeness (QED) is 0.488. The maximum absolute atomic E-state index is 11.1. The number of nitrogens with zero attached hydrogens (tertiary/aromatic N) is 1. The molecule has 0 saturated heterocycles. The number of hydrogen-bond donors (Lipinski definition) is 0. The molecule has 0 heterocycles. The van der Waals surface area contributed by atoms with E-state index in [0.29, 0.717) is 0 Å². The first-order valence-electron chi connectivity index (χ1n) is 7.28.